The van der Waals surface area contributed by atoms with Gasteiger partial charge in [-0.05, 0) is 53.2 Å². The van der Waals surface area contributed by atoms with Crippen LogP contribution in [-0.2, 0) is 16.2 Å². The fourth-order valence-electron chi connectivity index (χ4n) is 4.00. The number of benzene rings is 3. The molecule has 8 nitrogen and oxygen atoms in total. The Labute approximate surface area is 204 Å². The summed E-state index contributed by atoms with van der Waals surface area (Å²) in [5, 5.41) is 40.5. The number of halogens is 3. The number of nitrogens with zero attached hydrogens (tertiary/aromatic N) is 3. The SMILES string of the molecule is N#Cc1ccc2cc(O[C@H]3CN(S(=O)(=O)c4ccc(C(F)(F)F)cc4C#N)C[C@@]3(O)CO)ccc2c1. The molecule has 1 aliphatic heterocycles. The van der Waals surface area contributed by atoms with E-state index in [2.05, 4.69) is 0 Å². The summed E-state index contributed by atoms with van der Waals surface area (Å²) in [6, 6.07) is 15.0. The number of sulfonamides is 1. The molecule has 0 radical (unpaired) electrons. The normalized spacial score (nSPS) is 20.7. The van der Waals surface area contributed by atoms with Crippen LogP contribution in [0, 0.1) is 22.7 Å². The van der Waals surface area contributed by atoms with E-state index in [1.807, 2.05) is 6.07 Å². The lowest BCUT2D eigenvalue weighted by molar-refractivity contribution is -0.137. The highest BCUT2D eigenvalue weighted by Crippen LogP contribution is 2.35. The number of ether oxygens (including phenoxy) is 1. The number of rotatable bonds is 5. The zero-order valence-electron chi connectivity index (χ0n) is 18.4. The summed E-state index contributed by atoms with van der Waals surface area (Å²) in [5.74, 6) is 0.260. The molecule has 1 heterocycles. The number of aliphatic hydroxyl groups excluding tert-OH is 1. The number of hydrogen-bond acceptors (Lipinski definition) is 7. The molecule has 4 rings (SSSR count). The van der Waals surface area contributed by atoms with Crippen molar-refractivity contribution in [2.45, 2.75) is 22.8 Å². The number of nitriles is 2. The molecule has 0 aromatic heterocycles. The Bertz CT molecular complexity index is 1530. The summed E-state index contributed by atoms with van der Waals surface area (Å²) in [5.41, 5.74) is -3.44. The lowest BCUT2D eigenvalue weighted by Crippen LogP contribution is -2.48. The average molecular weight is 517 g/mol. The second-order valence-corrected chi connectivity index (χ2v) is 10.2. The van der Waals surface area contributed by atoms with Gasteiger partial charge in [0.15, 0.2) is 0 Å². The molecule has 0 spiro atoms. The standard InChI is InChI=1S/C24H18F3N3O5S/c25-24(26,27)19-4-6-21(18(8-19)11-29)36(33,34)30-12-22(23(32,13-30)14-31)35-20-5-3-16-7-15(10-28)1-2-17(16)9-20/h1-9,22,31-32H,12-14H2/t22-,23+/m0/s1. The molecule has 0 saturated carbocycles. The molecular formula is C24H18F3N3O5S. The minimum Gasteiger partial charge on any atom is -0.486 e. The van der Waals surface area contributed by atoms with E-state index in [4.69, 9.17) is 10.00 Å². The quantitative estimate of drug-likeness (QED) is 0.531. The zero-order chi connectivity index (χ0) is 26.3. The van der Waals surface area contributed by atoms with Crippen LogP contribution >= 0.6 is 0 Å². The molecule has 3 aromatic rings. The monoisotopic (exact) mass is 517 g/mol. The second kappa shape index (κ2) is 9.08. The minimum absolute atomic E-state index is 0.260. The zero-order valence-corrected chi connectivity index (χ0v) is 19.2. The van der Waals surface area contributed by atoms with Gasteiger partial charge in [0, 0.05) is 6.54 Å². The molecule has 2 N–H and O–H groups in total. The first-order valence-corrected chi connectivity index (χ1v) is 11.9. The van der Waals surface area contributed by atoms with E-state index < -0.39 is 63.6 Å². The van der Waals surface area contributed by atoms with Gasteiger partial charge in [-0.2, -0.15) is 28.0 Å². The topological polar surface area (TPSA) is 135 Å². The largest absolute Gasteiger partial charge is 0.486 e. The Kier molecular flexibility index (Phi) is 6.41. The number of fused-ring (bicyclic) bond motifs is 1. The van der Waals surface area contributed by atoms with Gasteiger partial charge in [0.05, 0.1) is 40.8 Å². The maximum atomic E-state index is 13.2. The molecule has 0 bridgehead atoms. The number of alkyl halides is 3. The van der Waals surface area contributed by atoms with Gasteiger partial charge in [-0.15, -0.1) is 0 Å². The van der Waals surface area contributed by atoms with Crippen molar-refractivity contribution in [1.29, 1.82) is 10.5 Å². The maximum absolute atomic E-state index is 13.2. The van der Waals surface area contributed by atoms with E-state index in [0.29, 0.717) is 29.1 Å². The number of β-amino-alcohol motifs (C(OH)–C–C–N with tert-alkyl or cyclic N) is 1. The van der Waals surface area contributed by atoms with Crippen molar-refractivity contribution in [2.75, 3.05) is 19.7 Å². The third kappa shape index (κ3) is 4.59. The maximum Gasteiger partial charge on any atom is 0.416 e. The Morgan fingerprint density at radius 3 is 2.39 bits per heavy atom. The third-order valence-electron chi connectivity index (χ3n) is 5.96. The third-order valence-corrected chi connectivity index (χ3v) is 7.83. The summed E-state index contributed by atoms with van der Waals surface area (Å²) in [4.78, 5) is -0.655. The molecule has 36 heavy (non-hydrogen) atoms. The van der Waals surface area contributed by atoms with Crippen molar-refractivity contribution < 1.29 is 36.5 Å². The Morgan fingerprint density at radius 1 is 1.06 bits per heavy atom. The van der Waals surface area contributed by atoms with Gasteiger partial charge in [0.1, 0.15) is 23.5 Å². The van der Waals surface area contributed by atoms with Crippen LogP contribution in [0.5, 0.6) is 5.75 Å². The van der Waals surface area contributed by atoms with Gasteiger partial charge in [0.2, 0.25) is 10.0 Å². The van der Waals surface area contributed by atoms with Crippen molar-refractivity contribution in [3.63, 3.8) is 0 Å². The Morgan fingerprint density at radius 2 is 1.75 bits per heavy atom. The summed E-state index contributed by atoms with van der Waals surface area (Å²) < 4.78 is 72.1. The van der Waals surface area contributed by atoms with Gasteiger partial charge >= 0.3 is 6.18 Å². The highest BCUT2D eigenvalue weighted by molar-refractivity contribution is 7.89. The molecule has 3 aromatic carbocycles. The van der Waals surface area contributed by atoms with Crippen molar-refractivity contribution >= 4 is 20.8 Å². The van der Waals surface area contributed by atoms with Crippen LogP contribution in [0.25, 0.3) is 10.8 Å². The molecule has 1 fully saturated rings. The molecule has 1 aliphatic rings. The van der Waals surface area contributed by atoms with Crippen molar-refractivity contribution in [2.24, 2.45) is 0 Å². The van der Waals surface area contributed by atoms with E-state index in [1.165, 1.54) is 6.07 Å². The molecule has 186 valence electrons. The van der Waals surface area contributed by atoms with E-state index in [9.17, 15) is 37.1 Å². The van der Waals surface area contributed by atoms with Crippen LogP contribution < -0.4 is 4.74 Å². The van der Waals surface area contributed by atoms with Crippen LogP contribution in [0.3, 0.4) is 0 Å². The van der Waals surface area contributed by atoms with Gasteiger partial charge in [-0.3, -0.25) is 0 Å². The highest BCUT2D eigenvalue weighted by Gasteiger charge is 2.51. The number of hydrogen-bond donors (Lipinski definition) is 2. The highest BCUT2D eigenvalue weighted by atomic mass is 32.2. The van der Waals surface area contributed by atoms with E-state index >= 15 is 0 Å². The van der Waals surface area contributed by atoms with Gasteiger partial charge in [-0.25, -0.2) is 8.42 Å². The van der Waals surface area contributed by atoms with Crippen molar-refractivity contribution in [1.82, 2.24) is 4.31 Å². The van der Waals surface area contributed by atoms with Crippen LogP contribution in [0.4, 0.5) is 13.2 Å². The fraction of sp³-hybridized carbons (Fsp3) is 0.250. The summed E-state index contributed by atoms with van der Waals surface area (Å²) in [7, 11) is -4.53. The predicted octanol–water partition coefficient (Wildman–Crippen LogP) is 2.78. The van der Waals surface area contributed by atoms with Crippen LogP contribution in [-0.4, -0.2) is 54.3 Å². The molecule has 0 amide bonds. The van der Waals surface area contributed by atoms with E-state index in [0.717, 1.165) is 9.69 Å². The minimum atomic E-state index is -4.77. The van der Waals surface area contributed by atoms with Gasteiger partial charge in [0.25, 0.3) is 0 Å². The average Bonchev–Trinajstić information content (AvgIpc) is 3.20. The van der Waals surface area contributed by atoms with Crippen molar-refractivity contribution in [3.05, 3.63) is 71.3 Å². The van der Waals surface area contributed by atoms with Crippen LogP contribution in [0.2, 0.25) is 0 Å². The van der Waals surface area contributed by atoms with Gasteiger partial charge in [-0.1, -0.05) is 12.1 Å². The molecule has 1 saturated heterocycles. The second-order valence-electron chi connectivity index (χ2n) is 8.32. The molecule has 0 aliphatic carbocycles. The van der Waals surface area contributed by atoms with Crippen molar-refractivity contribution in [3.8, 4) is 17.9 Å². The van der Waals surface area contributed by atoms with Gasteiger partial charge < -0.3 is 14.9 Å². The summed E-state index contributed by atoms with van der Waals surface area (Å²) in [6.07, 6.45) is -6.00. The molecular weight excluding hydrogens is 499 g/mol. The summed E-state index contributed by atoms with van der Waals surface area (Å²) >= 11 is 0. The van der Waals surface area contributed by atoms with Crippen LogP contribution in [0.15, 0.2) is 59.5 Å². The molecule has 2 atom stereocenters. The van der Waals surface area contributed by atoms with Crippen LogP contribution in [0.1, 0.15) is 16.7 Å². The Hall–Kier alpha value is -3.68. The summed E-state index contributed by atoms with van der Waals surface area (Å²) in [6.45, 7) is -1.90. The molecule has 0 unspecified atom stereocenters. The Balaban J connectivity index is 1.64. The predicted molar refractivity (Wildman–Crippen MR) is 120 cm³/mol. The number of aliphatic hydroxyl groups is 2. The molecule has 12 heteroatoms. The smallest absolute Gasteiger partial charge is 0.416 e. The first-order valence-electron chi connectivity index (χ1n) is 10.5. The fourth-order valence-corrected chi connectivity index (χ4v) is 5.62. The first-order chi connectivity index (χ1) is 16.9. The van der Waals surface area contributed by atoms with E-state index in [1.54, 1.807) is 36.4 Å². The first kappa shape index (κ1) is 25.4. The lowest BCUT2D eigenvalue weighted by atomic mass is 10.0. The van der Waals surface area contributed by atoms with E-state index in [-0.39, 0.29) is 5.75 Å². The lowest BCUT2D eigenvalue weighted by Gasteiger charge is -2.27.